The highest BCUT2D eigenvalue weighted by molar-refractivity contribution is 9.11. The van der Waals surface area contributed by atoms with Gasteiger partial charge in [-0.05, 0) is 64.3 Å². The predicted octanol–water partition coefficient (Wildman–Crippen LogP) is 4.03. The molecule has 2 aromatic rings. The number of anilines is 1. The molecule has 4 nitrogen and oxygen atoms in total. The number of ether oxygens (including phenoxy) is 1. The first-order valence-corrected chi connectivity index (χ1v) is 9.30. The molecule has 0 amide bonds. The Balaban J connectivity index is 1.48. The molecule has 1 fully saturated rings. The van der Waals surface area contributed by atoms with E-state index < -0.39 is 0 Å². The van der Waals surface area contributed by atoms with Gasteiger partial charge in [0.15, 0.2) is 0 Å². The smallest absolute Gasteiger partial charge is 0.324 e. The number of esters is 1. The Kier molecular flexibility index (Phi) is 5.41. The summed E-state index contributed by atoms with van der Waals surface area (Å²) in [7, 11) is 0. The Bertz CT molecular complexity index is 645. The summed E-state index contributed by atoms with van der Waals surface area (Å²) in [5.74, 6) is -0.159. The second-order valence-electron chi connectivity index (χ2n) is 4.81. The van der Waals surface area contributed by atoms with Crippen LogP contribution in [0.2, 0.25) is 0 Å². The van der Waals surface area contributed by atoms with E-state index in [-0.39, 0.29) is 12.0 Å². The molecule has 1 aromatic heterocycles. The number of carbonyl (C=O) groups is 1. The van der Waals surface area contributed by atoms with Crippen LogP contribution in [0.5, 0.6) is 0 Å². The zero-order valence-electron chi connectivity index (χ0n) is 11.7. The third-order valence-electron chi connectivity index (χ3n) is 3.20. The lowest BCUT2D eigenvalue weighted by Crippen LogP contribution is -2.27. The van der Waals surface area contributed by atoms with Crippen LogP contribution in [0.3, 0.4) is 0 Å². The molecule has 2 heterocycles. The minimum Gasteiger partial charge on any atom is -0.464 e. The first-order valence-electron chi connectivity index (χ1n) is 6.88. The summed E-state index contributed by atoms with van der Waals surface area (Å²) in [5, 5.41) is 3.39. The maximum atomic E-state index is 11.4. The third-order valence-corrected chi connectivity index (χ3v) is 5.74. The molecule has 0 bridgehead atoms. The van der Waals surface area contributed by atoms with Crippen LogP contribution in [-0.4, -0.2) is 18.6 Å². The maximum absolute atomic E-state index is 11.4. The molecule has 1 unspecified atom stereocenters. The molecule has 1 saturated heterocycles. The number of thiophene rings is 1. The number of rotatable bonds is 6. The van der Waals surface area contributed by atoms with Crippen LogP contribution in [0.25, 0.3) is 0 Å². The Morgan fingerprint density at radius 1 is 1.27 bits per heavy atom. The molecule has 116 valence electrons. The van der Waals surface area contributed by atoms with Gasteiger partial charge in [-0.2, -0.15) is 0 Å². The Morgan fingerprint density at radius 3 is 2.73 bits per heavy atom. The van der Waals surface area contributed by atoms with Gasteiger partial charge >= 0.3 is 5.97 Å². The summed E-state index contributed by atoms with van der Waals surface area (Å²) in [5.41, 5.74) is 1.08. The molecule has 3 rings (SSSR count). The van der Waals surface area contributed by atoms with Crippen molar-refractivity contribution in [2.24, 2.45) is 0 Å². The van der Waals surface area contributed by atoms with Crippen molar-refractivity contribution in [3.63, 3.8) is 0 Å². The normalized spacial score (nSPS) is 17.5. The lowest BCUT2D eigenvalue weighted by molar-refractivity contribution is -0.139. The Labute approximate surface area is 145 Å². The van der Waals surface area contributed by atoms with Gasteiger partial charge in [-0.15, -0.1) is 11.3 Å². The topological polar surface area (TPSA) is 50.4 Å². The largest absolute Gasteiger partial charge is 0.464 e. The molecule has 7 heteroatoms. The monoisotopic (exact) mass is 398 g/mol. The quantitative estimate of drug-likeness (QED) is 0.567. The molecular weight excluding hydrogens is 384 g/mol. The van der Waals surface area contributed by atoms with Crippen molar-refractivity contribution < 1.29 is 9.53 Å². The molecule has 0 spiro atoms. The summed E-state index contributed by atoms with van der Waals surface area (Å²) in [6, 6.07) is 12.1. The van der Waals surface area contributed by atoms with Crippen molar-refractivity contribution in [2.45, 2.75) is 23.9 Å². The van der Waals surface area contributed by atoms with Crippen molar-refractivity contribution in [1.29, 1.82) is 0 Å². The molecule has 0 radical (unpaired) electrons. The van der Waals surface area contributed by atoms with Crippen LogP contribution in [-0.2, 0) is 16.1 Å². The fourth-order valence-electron chi connectivity index (χ4n) is 2.02. The SMILES string of the molecule is O=C1OCCC1NSc1ccc(NCc2ccc(Br)s2)cc1. The van der Waals surface area contributed by atoms with E-state index in [1.165, 1.54) is 16.8 Å². The standard InChI is InChI=1S/C15H15BrN2O2S2/c16-14-6-5-12(21-14)9-17-10-1-3-11(4-2-10)22-18-13-7-8-20-15(13)19/h1-6,13,17-18H,7-9H2. The molecule has 22 heavy (non-hydrogen) atoms. The van der Waals surface area contributed by atoms with Gasteiger partial charge in [0, 0.05) is 28.4 Å². The Hall–Kier alpha value is -1.02. The zero-order chi connectivity index (χ0) is 15.4. The van der Waals surface area contributed by atoms with E-state index in [2.05, 4.69) is 38.1 Å². The number of hydrogen-bond acceptors (Lipinski definition) is 6. The van der Waals surface area contributed by atoms with Crippen molar-refractivity contribution in [1.82, 2.24) is 4.72 Å². The average Bonchev–Trinajstić information content (AvgIpc) is 3.12. The second-order valence-corrected chi connectivity index (χ2v) is 8.27. The molecule has 1 aliphatic heterocycles. The molecule has 0 aliphatic carbocycles. The fourth-order valence-corrected chi connectivity index (χ4v) is 4.21. The minimum atomic E-state index is -0.194. The summed E-state index contributed by atoms with van der Waals surface area (Å²) >= 11 is 6.66. The van der Waals surface area contributed by atoms with E-state index in [0.717, 1.165) is 27.3 Å². The highest BCUT2D eigenvalue weighted by Crippen LogP contribution is 2.24. The van der Waals surface area contributed by atoms with Crippen molar-refractivity contribution in [2.75, 3.05) is 11.9 Å². The molecule has 1 aromatic carbocycles. The van der Waals surface area contributed by atoms with Crippen LogP contribution in [0.15, 0.2) is 45.1 Å². The first kappa shape index (κ1) is 15.9. The highest BCUT2D eigenvalue weighted by Gasteiger charge is 2.25. The van der Waals surface area contributed by atoms with Crippen LogP contribution in [0.4, 0.5) is 5.69 Å². The maximum Gasteiger partial charge on any atom is 0.324 e. The number of cyclic esters (lactones) is 1. The van der Waals surface area contributed by atoms with Crippen LogP contribution in [0.1, 0.15) is 11.3 Å². The van der Waals surface area contributed by atoms with Gasteiger partial charge in [-0.25, -0.2) is 4.72 Å². The van der Waals surface area contributed by atoms with Crippen molar-refractivity contribution in [3.8, 4) is 0 Å². The zero-order valence-corrected chi connectivity index (χ0v) is 14.9. The molecule has 0 saturated carbocycles. The van der Waals surface area contributed by atoms with Gasteiger partial charge in [-0.1, -0.05) is 0 Å². The van der Waals surface area contributed by atoms with E-state index >= 15 is 0 Å². The fraction of sp³-hybridized carbons (Fsp3) is 0.267. The van der Waals surface area contributed by atoms with E-state index in [0.29, 0.717) is 6.61 Å². The summed E-state index contributed by atoms with van der Waals surface area (Å²) in [6.07, 6.45) is 0.738. The Morgan fingerprint density at radius 2 is 2.09 bits per heavy atom. The van der Waals surface area contributed by atoms with Gasteiger partial charge in [0.05, 0.1) is 10.4 Å². The van der Waals surface area contributed by atoms with E-state index in [1.807, 2.05) is 24.3 Å². The number of halogens is 1. The van der Waals surface area contributed by atoms with Crippen LogP contribution in [0, 0.1) is 0 Å². The number of benzene rings is 1. The predicted molar refractivity (Wildman–Crippen MR) is 94.1 cm³/mol. The minimum absolute atomic E-state index is 0.159. The van der Waals surface area contributed by atoms with Crippen molar-refractivity contribution >= 4 is 50.9 Å². The van der Waals surface area contributed by atoms with Gasteiger partial charge in [0.2, 0.25) is 0 Å². The highest BCUT2D eigenvalue weighted by atomic mass is 79.9. The van der Waals surface area contributed by atoms with Gasteiger partial charge in [0.25, 0.3) is 0 Å². The lowest BCUT2D eigenvalue weighted by atomic mass is 10.3. The molecule has 1 atom stereocenters. The average molecular weight is 399 g/mol. The molecule has 2 N–H and O–H groups in total. The van der Waals surface area contributed by atoms with Gasteiger partial charge in [0.1, 0.15) is 6.04 Å². The third kappa shape index (κ3) is 4.25. The van der Waals surface area contributed by atoms with Crippen LogP contribution < -0.4 is 10.0 Å². The van der Waals surface area contributed by atoms with E-state index in [9.17, 15) is 4.79 Å². The van der Waals surface area contributed by atoms with Gasteiger partial charge in [-0.3, -0.25) is 4.79 Å². The first-order chi connectivity index (χ1) is 10.7. The van der Waals surface area contributed by atoms with E-state index in [1.54, 1.807) is 11.3 Å². The second kappa shape index (κ2) is 7.50. The number of hydrogen-bond donors (Lipinski definition) is 2. The summed E-state index contributed by atoms with van der Waals surface area (Å²) in [6.45, 7) is 1.33. The lowest BCUT2D eigenvalue weighted by Gasteiger charge is -2.09. The van der Waals surface area contributed by atoms with Crippen molar-refractivity contribution in [3.05, 3.63) is 45.1 Å². The van der Waals surface area contributed by atoms with Crippen LogP contribution >= 0.6 is 39.2 Å². The molecular formula is C15H15BrN2O2S2. The summed E-state index contributed by atoms with van der Waals surface area (Å²) < 4.78 is 9.21. The number of carbonyl (C=O) groups excluding carboxylic acids is 1. The van der Waals surface area contributed by atoms with E-state index in [4.69, 9.17) is 4.74 Å². The summed E-state index contributed by atoms with van der Waals surface area (Å²) in [4.78, 5) is 13.7. The molecule has 1 aliphatic rings. The number of nitrogens with one attached hydrogen (secondary N) is 2. The van der Waals surface area contributed by atoms with Gasteiger partial charge < -0.3 is 10.1 Å².